The Morgan fingerprint density at radius 3 is 2.56 bits per heavy atom. The molecule has 34 heavy (non-hydrogen) atoms. The van der Waals surface area contributed by atoms with Gasteiger partial charge in [-0.1, -0.05) is 0 Å². The number of ether oxygens (including phenoxy) is 1. The maximum absolute atomic E-state index is 11.7. The number of benzene rings is 1. The molecule has 0 aliphatic heterocycles. The fraction of sp³-hybridized carbons (Fsp3) is 0.560. The number of nitrogen functional groups attached to an aromatic ring is 1. The molecule has 1 atom stereocenters. The monoisotopic (exact) mass is 473 g/mol. The van der Waals surface area contributed by atoms with Crippen molar-refractivity contribution >= 4 is 17.7 Å². The second-order valence-corrected chi connectivity index (χ2v) is 8.96. The van der Waals surface area contributed by atoms with Crippen LogP contribution < -0.4 is 15.8 Å². The molecule has 1 unspecified atom stereocenters. The Kier molecular flexibility index (Phi) is 10.5. The molecule has 2 aromatic rings. The summed E-state index contributed by atoms with van der Waals surface area (Å²) in [6.07, 6.45) is 4.62. The predicted octanol–water partition coefficient (Wildman–Crippen LogP) is 3.12. The summed E-state index contributed by atoms with van der Waals surface area (Å²) in [7, 11) is 5.64. The van der Waals surface area contributed by atoms with E-state index in [1.807, 2.05) is 27.9 Å². The molecule has 1 heterocycles. The molecule has 0 fully saturated rings. The number of hydrogen-bond acceptors (Lipinski definition) is 8. The van der Waals surface area contributed by atoms with Crippen LogP contribution in [0.5, 0.6) is 5.75 Å². The van der Waals surface area contributed by atoms with Gasteiger partial charge >= 0.3 is 5.97 Å². The minimum Gasteiger partial charge on any atom is -0.496 e. The number of rotatable bonds is 14. The van der Waals surface area contributed by atoms with Crippen LogP contribution in [0.25, 0.3) is 0 Å². The van der Waals surface area contributed by atoms with Crippen LogP contribution in [0.1, 0.15) is 65.3 Å². The Labute approximate surface area is 202 Å². The highest BCUT2D eigenvalue weighted by atomic mass is 16.5. The smallest absolute Gasteiger partial charge is 0.335 e. The zero-order chi connectivity index (χ0) is 25.3. The van der Waals surface area contributed by atoms with Crippen LogP contribution in [0.4, 0.5) is 11.8 Å². The lowest BCUT2D eigenvalue weighted by atomic mass is 9.92. The topological polar surface area (TPSA) is 134 Å². The number of nitrogens with one attached hydrogen (secondary N) is 1. The number of nitrogens with two attached hydrogens (primary N) is 1. The first-order valence-electron chi connectivity index (χ1n) is 11.7. The number of methoxy groups -OCH3 is 1. The highest BCUT2D eigenvalue weighted by molar-refractivity contribution is 5.88. The lowest BCUT2D eigenvalue weighted by molar-refractivity contribution is 0.0696. The molecule has 1 aromatic carbocycles. The molecule has 0 aliphatic rings. The molecule has 0 aliphatic carbocycles. The van der Waals surface area contributed by atoms with E-state index in [-0.39, 0.29) is 24.2 Å². The van der Waals surface area contributed by atoms with E-state index in [0.717, 1.165) is 54.6 Å². The average molecular weight is 474 g/mol. The molecule has 0 radical (unpaired) electrons. The average Bonchev–Trinajstić information content (AvgIpc) is 2.77. The molecule has 0 saturated carbocycles. The Morgan fingerprint density at radius 2 is 1.94 bits per heavy atom. The quantitative estimate of drug-likeness (QED) is 0.305. The van der Waals surface area contributed by atoms with E-state index in [9.17, 15) is 9.90 Å². The van der Waals surface area contributed by atoms with Crippen molar-refractivity contribution < 1.29 is 19.7 Å². The van der Waals surface area contributed by atoms with Crippen molar-refractivity contribution in [2.45, 2.75) is 58.4 Å². The molecule has 188 valence electrons. The van der Waals surface area contributed by atoms with Crippen molar-refractivity contribution in [1.29, 1.82) is 0 Å². The predicted molar refractivity (Wildman–Crippen MR) is 135 cm³/mol. The van der Waals surface area contributed by atoms with Gasteiger partial charge in [0.15, 0.2) is 0 Å². The van der Waals surface area contributed by atoms with E-state index >= 15 is 0 Å². The molecule has 0 bridgehead atoms. The van der Waals surface area contributed by atoms with Gasteiger partial charge in [-0.2, -0.15) is 4.98 Å². The van der Waals surface area contributed by atoms with Gasteiger partial charge < -0.3 is 30.9 Å². The Hall–Kier alpha value is -2.91. The second-order valence-electron chi connectivity index (χ2n) is 8.96. The van der Waals surface area contributed by atoms with E-state index in [0.29, 0.717) is 24.4 Å². The number of aryl methyl sites for hydroxylation is 2. The zero-order valence-corrected chi connectivity index (χ0v) is 21.0. The van der Waals surface area contributed by atoms with E-state index in [1.165, 1.54) is 0 Å². The molecule has 1 aromatic heterocycles. The standard InChI is InChI=1S/C25H39N5O4/c1-16(9-8-12-31)27-23-20(17(2)28-25(26)29-23)15-21-18(10-6-7-11-30(3)4)13-19(24(32)33)14-22(21)34-5/h13-14,16,31H,6-12,15H2,1-5H3,(H,32,33)(H3,26,27,28,29). The number of anilines is 2. The summed E-state index contributed by atoms with van der Waals surface area (Å²) in [5.41, 5.74) is 9.69. The molecule has 9 nitrogen and oxygen atoms in total. The van der Waals surface area contributed by atoms with E-state index < -0.39 is 5.97 Å². The molecule has 9 heteroatoms. The SMILES string of the molecule is COc1cc(C(=O)O)cc(CCCCN(C)C)c1Cc1c(C)nc(N)nc1NC(C)CCCO. The third-order valence-electron chi connectivity index (χ3n) is 5.83. The Balaban J connectivity index is 2.46. The number of aliphatic hydroxyl groups excluding tert-OH is 1. The molecule has 0 amide bonds. The normalized spacial score (nSPS) is 12.1. The van der Waals surface area contributed by atoms with E-state index in [1.54, 1.807) is 19.2 Å². The van der Waals surface area contributed by atoms with Crippen LogP contribution in [0, 0.1) is 6.92 Å². The van der Waals surface area contributed by atoms with Gasteiger partial charge in [0.2, 0.25) is 5.95 Å². The maximum atomic E-state index is 11.7. The number of aromatic carboxylic acids is 1. The number of hydrogen-bond donors (Lipinski definition) is 4. The number of nitrogens with zero attached hydrogens (tertiary/aromatic N) is 3. The molecule has 2 rings (SSSR count). The summed E-state index contributed by atoms with van der Waals surface area (Å²) in [4.78, 5) is 22.7. The fourth-order valence-corrected chi connectivity index (χ4v) is 4.00. The van der Waals surface area contributed by atoms with Crippen LogP contribution >= 0.6 is 0 Å². The summed E-state index contributed by atoms with van der Waals surface area (Å²) in [6.45, 7) is 5.03. The number of carboxylic acid groups (broad SMARTS) is 1. The number of aromatic nitrogens is 2. The Bertz CT molecular complexity index is 965. The number of carboxylic acids is 1. The second kappa shape index (κ2) is 13.1. The van der Waals surface area contributed by atoms with Crippen LogP contribution in [-0.4, -0.2) is 71.4 Å². The van der Waals surface area contributed by atoms with E-state index in [2.05, 4.69) is 20.2 Å². The van der Waals surface area contributed by atoms with Gasteiger partial charge in [0.25, 0.3) is 0 Å². The van der Waals surface area contributed by atoms with Gasteiger partial charge in [0.05, 0.1) is 12.7 Å². The first kappa shape index (κ1) is 27.3. The van der Waals surface area contributed by atoms with Crippen molar-refractivity contribution in [3.63, 3.8) is 0 Å². The van der Waals surface area contributed by atoms with Crippen LogP contribution in [0.15, 0.2) is 12.1 Å². The summed E-state index contributed by atoms with van der Waals surface area (Å²) in [5.74, 6) is 0.401. The van der Waals surface area contributed by atoms with E-state index in [4.69, 9.17) is 15.6 Å². The first-order chi connectivity index (χ1) is 16.2. The number of aliphatic hydroxyl groups is 1. The van der Waals surface area contributed by atoms with Gasteiger partial charge in [0, 0.05) is 35.9 Å². The summed E-state index contributed by atoms with van der Waals surface area (Å²) >= 11 is 0. The number of unbranched alkanes of at least 4 members (excludes halogenated alkanes) is 1. The lowest BCUT2D eigenvalue weighted by Gasteiger charge is -2.21. The lowest BCUT2D eigenvalue weighted by Crippen LogP contribution is -2.20. The summed E-state index contributed by atoms with van der Waals surface area (Å²) in [5, 5.41) is 22.2. The molecule has 5 N–H and O–H groups in total. The summed E-state index contributed by atoms with van der Waals surface area (Å²) in [6, 6.07) is 3.41. The fourth-order valence-electron chi connectivity index (χ4n) is 4.00. The van der Waals surface area contributed by atoms with Crippen LogP contribution in [-0.2, 0) is 12.8 Å². The number of carbonyl (C=O) groups is 1. The van der Waals surface area contributed by atoms with Gasteiger partial charge in [-0.15, -0.1) is 0 Å². The highest BCUT2D eigenvalue weighted by Crippen LogP contribution is 2.32. The molecule has 0 spiro atoms. The molecule has 0 saturated heterocycles. The highest BCUT2D eigenvalue weighted by Gasteiger charge is 2.20. The minimum atomic E-state index is -0.980. The molecular formula is C25H39N5O4. The summed E-state index contributed by atoms with van der Waals surface area (Å²) < 4.78 is 5.65. The molecular weight excluding hydrogens is 434 g/mol. The van der Waals surface area contributed by atoms with Crippen molar-refractivity contribution in [2.24, 2.45) is 0 Å². The largest absolute Gasteiger partial charge is 0.496 e. The van der Waals surface area contributed by atoms with Crippen molar-refractivity contribution in [1.82, 2.24) is 14.9 Å². The minimum absolute atomic E-state index is 0.0846. The van der Waals surface area contributed by atoms with Crippen molar-refractivity contribution in [2.75, 3.05) is 45.4 Å². The van der Waals surface area contributed by atoms with Crippen LogP contribution in [0.2, 0.25) is 0 Å². The zero-order valence-electron chi connectivity index (χ0n) is 21.0. The van der Waals surface area contributed by atoms with Gasteiger partial charge in [-0.25, -0.2) is 9.78 Å². The van der Waals surface area contributed by atoms with Gasteiger partial charge in [-0.05, 0) is 84.3 Å². The van der Waals surface area contributed by atoms with Crippen molar-refractivity contribution in [3.05, 3.63) is 40.1 Å². The van der Waals surface area contributed by atoms with Gasteiger partial charge in [-0.3, -0.25) is 0 Å². The third kappa shape index (κ3) is 7.85. The maximum Gasteiger partial charge on any atom is 0.335 e. The third-order valence-corrected chi connectivity index (χ3v) is 5.83. The van der Waals surface area contributed by atoms with Crippen LogP contribution in [0.3, 0.4) is 0 Å². The Morgan fingerprint density at radius 1 is 1.21 bits per heavy atom. The van der Waals surface area contributed by atoms with Crippen molar-refractivity contribution in [3.8, 4) is 5.75 Å². The van der Waals surface area contributed by atoms with Gasteiger partial charge in [0.1, 0.15) is 11.6 Å². The first-order valence-corrected chi connectivity index (χ1v) is 11.7.